The van der Waals surface area contributed by atoms with E-state index in [0.717, 1.165) is 31.6 Å². The minimum absolute atomic E-state index is 0.00526. The number of hydrogen-bond donors (Lipinski definition) is 1. The highest BCUT2D eigenvalue weighted by Crippen LogP contribution is 2.32. The third-order valence-electron chi connectivity index (χ3n) is 4.66. The van der Waals surface area contributed by atoms with E-state index in [4.69, 9.17) is 4.74 Å². The third-order valence-corrected chi connectivity index (χ3v) is 4.66. The lowest BCUT2D eigenvalue weighted by Crippen LogP contribution is -2.29. The van der Waals surface area contributed by atoms with E-state index < -0.39 is 0 Å². The third kappa shape index (κ3) is 2.97. The number of para-hydroxylation sites is 1. The van der Waals surface area contributed by atoms with Crippen LogP contribution in [0.1, 0.15) is 18.4 Å². The fourth-order valence-corrected chi connectivity index (χ4v) is 3.30. The fraction of sp³-hybridized carbons (Fsp3) is 0.389. The van der Waals surface area contributed by atoms with Crippen LogP contribution in [-0.4, -0.2) is 35.9 Å². The van der Waals surface area contributed by atoms with Gasteiger partial charge in [-0.05, 0) is 43.0 Å². The summed E-state index contributed by atoms with van der Waals surface area (Å²) < 4.78 is 5.29. The van der Waals surface area contributed by atoms with E-state index >= 15 is 0 Å². The Morgan fingerprint density at radius 2 is 1.96 bits per heavy atom. The highest BCUT2D eigenvalue weighted by Gasteiger charge is 2.23. The molecule has 0 spiro atoms. The van der Waals surface area contributed by atoms with Crippen LogP contribution in [-0.2, 0) is 16.0 Å². The van der Waals surface area contributed by atoms with Crippen LogP contribution in [0.3, 0.4) is 0 Å². The molecule has 1 N–H and O–H groups in total. The van der Waals surface area contributed by atoms with Crippen LogP contribution in [0.5, 0.6) is 0 Å². The van der Waals surface area contributed by atoms with Crippen LogP contribution in [0, 0.1) is 5.92 Å². The molecule has 0 aliphatic carbocycles. The average molecular weight is 324 g/mol. The van der Waals surface area contributed by atoms with Crippen molar-refractivity contribution in [3.05, 3.63) is 42.0 Å². The molecule has 6 nitrogen and oxygen atoms in total. The minimum atomic E-state index is 0.00526. The molecule has 6 heteroatoms. The maximum atomic E-state index is 12.2. The van der Waals surface area contributed by atoms with Crippen molar-refractivity contribution in [3.8, 4) is 0 Å². The number of hydrogen-bond acceptors (Lipinski definition) is 5. The van der Waals surface area contributed by atoms with Gasteiger partial charge in [-0.3, -0.25) is 4.79 Å². The molecule has 24 heavy (non-hydrogen) atoms. The Morgan fingerprint density at radius 1 is 1.12 bits per heavy atom. The van der Waals surface area contributed by atoms with E-state index in [2.05, 4.69) is 38.6 Å². The largest absolute Gasteiger partial charge is 0.381 e. The van der Waals surface area contributed by atoms with Crippen molar-refractivity contribution >= 4 is 23.2 Å². The first-order chi connectivity index (χ1) is 11.8. The van der Waals surface area contributed by atoms with Gasteiger partial charge in [0.05, 0.1) is 0 Å². The Bertz CT molecular complexity index is 726. The van der Waals surface area contributed by atoms with Gasteiger partial charge in [-0.1, -0.05) is 18.2 Å². The second kappa shape index (κ2) is 6.57. The maximum Gasteiger partial charge on any atom is 0.228 e. The number of benzene rings is 1. The maximum absolute atomic E-state index is 12.2. The molecule has 1 saturated heterocycles. The normalized spacial score (nSPS) is 17.6. The van der Waals surface area contributed by atoms with E-state index in [0.29, 0.717) is 19.0 Å². The summed E-state index contributed by atoms with van der Waals surface area (Å²) in [6, 6.07) is 12.1. The monoisotopic (exact) mass is 324 g/mol. The molecule has 0 unspecified atom stereocenters. The molecule has 2 aromatic rings. The van der Waals surface area contributed by atoms with Crippen LogP contribution in [0.15, 0.2) is 36.4 Å². The highest BCUT2D eigenvalue weighted by molar-refractivity contribution is 5.91. The van der Waals surface area contributed by atoms with E-state index in [1.54, 1.807) is 0 Å². The van der Waals surface area contributed by atoms with Crippen molar-refractivity contribution in [1.82, 2.24) is 10.2 Å². The zero-order chi connectivity index (χ0) is 16.4. The van der Waals surface area contributed by atoms with Gasteiger partial charge in [-0.25, -0.2) is 0 Å². The summed E-state index contributed by atoms with van der Waals surface area (Å²) in [6.45, 7) is 2.20. The summed E-state index contributed by atoms with van der Waals surface area (Å²) >= 11 is 0. The first-order valence-corrected chi connectivity index (χ1v) is 8.39. The Balaban J connectivity index is 1.44. The van der Waals surface area contributed by atoms with Gasteiger partial charge in [0.1, 0.15) is 0 Å². The molecule has 0 radical (unpaired) electrons. The summed E-state index contributed by atoms with van der Waals surface area (Å²) in [4.78, 5) is 14.4. The second-order valence-electron chi connectivity index (χ2n) is 6.18. The van der Waals surface area contributed by atoms with E-state index in [1.165, 1.54) is 11.3 Å². The Hall–Kier alpha value is -2.47. The molecule has 2 aliphatic rings. The van der Waals surface area contributed by atoms with Crippen molar-refractivity contribution in [2.45, 2.75) is 19.3 Å². The van der Waals surface area contributed by atoms with Crippen molar-refractivity contribution < 1.29 is 9.53 Å². The quantitative estimate of drug-likeness (QED) is 0.940. The van der Waals surface area contributed by atoms with Crippen molar-refractivity contribution in [2.75, 3.05) is 30.0 Å². The number of aromatic nitrogens is 2. The van der Waals surface area contributed by atoms with Crippen LogP contribution in [0.25, 0.3) is 0 Å². The molecule has 1 aromatic heterocycles. The van der Waals surface area contributed by atoms with Crippen LogP contribution >= 0.6 is 0 Å². The first kappa shape index (κ1) is 15.1. The first-order valence-electron chi connectivity index (χ1n) is 8.39. The molecule has 3 heterocycles. The van der Waals surface area contributed by atoms with Gasteiger partial charge in [-0.2, -0.15) is 0 Å². The summed E-state index contributed by atoms with van der Waals surface area (Å²) in [5, 5.41) is 11.3. The second-order valence-corrected chi connectivity index (χ2v) is 6.18. The summed E-state index contributed by atoms with van der Waals surface area (Å²) in [5.41, 5.74) is 2.52. The van der Waals surface area contributed by atoms with Gasteiger partial charge in [0.15, 0.2) is 11.6 Å². The standard InChI is InChI=1S/C18H20N4O2/c23-18(14-8-11-24-12-9-14)19-16-5-6-17(21-20-16)22-10-7-13-3-1-2-4-15(13)22/h1-6,14H,7-12H2,(H,19,20,23). The van der Waals surface area contributed by atoms with Crippen LogP contribution in [0.2, 0.25) is 0 Å². The topological polar surface area (TPSA) is 67.4 Å². The highest BCUT2D eigenvalue weighted by atomic mass is 16.5. The number of fused-ring (bicyclic) bond motifs is 1. The van der Waals surface area contributed by atoms with E-state index in [-0.39, 0.29) is 11.8 Å². The van der Waals surface area contributed by atoms with Crippen molar-refractivity contribution in [3.63, 3.8) is 0 Å². The average Bonchev–Trinajstić information content (AvgIpc) is 3.07. The van der Waals surface area contributed by atoms with Gasteiger partial charge < -0.3 is 15.0 Å². The molecule has 1 fully saturated rings. The lowest BCUT2D eigenvalue weighted by molar-refractivity contribution is -0.122. The van der Waals surface area contributed by atoms with E-state index in [1.807, 2.05) is 18.2 Å². The van der Waals surface area contributed by atoms with Gasteiger partial charge in [0, 0.05) is 31.4 Å². The number of ether oxygens (including phenoxy) is 1. The summed E-state index contributed by atoms with van der Waals surface area (Å²) in [6.07, 6.45) is 2.55. The molecule has 0 saturated carbocycles. The molecule has 0 bridgehead atoms. The molecule has 1 aromatic carbocycles. The number of nitrogens with zero attached hydrogens (tertiary/aromatic N) is 3. The summed E-state index contributed by atoms with van der Waals surface area (Å²) in [5.74, 6) is 1.32. The van der Waals surface area contributed by atoms with Crippen molar-refractivity contribution in [1.29, 1.82) is 0 Å². The Morgan fingerprint density at radius 3 is 2.75 bits per heavy atom. The van der Waals surface area contributed by atoms with Crippen LogP contribution < -0.4 is 10.2 Å². The SMILES string of the molecule is O=C(Nc1ccc(N2CCc3ccccc32)nn1)C1CCOCC1. The lowest BCUT2D eigenvalue weighted by atomic mass is 9.99. The number of carbonyl (C=O) groups is 1. The number of nitrogens with one attached hydrogen (secondary N) is 1. The number of carbonyl (C=O) groups excluding carboxylic acids is 1. The Labute approximate surface area is 140 Å². The van der Waals surface area contributed by atoms with Gasteiger partial charge in [0.25, 0.3) is 0 Å². The fourth-order valence-electron chi connectivity index (χ4n) is 3.30. The molecule has 1 amide bonds. The molecule has 124 valence electrons. The van der Waals surface area contributed by atoms with Crippen molar-refractivity contribution in [2.24, 2.45) is 5.92 Å². The number of anilines is 3. The molecular weight excluding hydrogens is 304 g/mol. The van der Waals surface area contributed by atoms with E-state index in [9.17, 15) is 4.79 Å². The smallest absolute Gasteiger partial charge is 0.228 e. The molecule has 2 aliphatic heterocycles. The molecular formula is C18H20N4O2. The zero-order valence-electron chi connectivity index (χ0n) is 13.4. The zero-order valence-corrected chi connectivity index (χ0v) is 13.4. The van der Waals surface area contributed by atoms with Gasteiger partial charge in [0.2, 0.25) is 5.91 Å². The lowest BCUT2D eigenvalue weighted by Gasteiger charge is -2.21. The number of amides is 1. The van der Waals surface area contributed by atoms with Gasteiger partial charge in [-0.15, -0.1) is 10.2 Å². The van der Waals surface area contributed by atoms with Crippen LogP contribution in [0.4, 0.5) is 17.3 Å². The molecule has 0 atom stereocenters. The van der Waals surface area contributed by atoms with Gasteiger partial charge >= 0.3 is 0 Å². The Kier molecular flexibility index (Phi) is 4.13. The molecule has 4 rings (SSSR count). The minimum Gasteiger partial charge on any atom is -0.381 e. The summed E-state index contributed by atoms with van der Waals surface area (Å²) in [7, 11) is 0. The predicted octanol–water partition coefficient (Wildman–Crippen LogP) is 2.54. The predicted molar refractivity (Wildman–Crippen MR) is 91.4 cm³/mol. The number of rotatable bonds is 3.